The lowest BCUT2D eigenvalue weighted by atomic mass is 10.1. The fourth-order valence-corrected chi connectivity index (χ4v) is 4.35. The van der Waals surface area contributed by atoms with E-state index in [1.54, 1.807) is 6.07 Å². The van der Waals surface area contributed by atoms with Crippen molar-refractivity contribution in [1.29, 1.82) is 0 Å². The van der Waals surface area contributed by atoms with Crippen molar-refractivity contribution in [2.45, 2.75) is 31.1 Å². The Morgan fingerprint density at radius 3 is 2.44 bits per heavy atom. The number of nitrogens with one attached hydrogen (secondary N) is 1. The molecule has 0 amide bonds. The maximum Gasteiger partial charge on any atom is 0.272 e. The van der Waals surface area contributed by atoms with E-state index in [4.69, 9.17) is 0 Å². The maximum atomic E-state index is 13.8. The van der Waals surface area contributed by atoms with Crippen molar-refractivity contribution < 1.29 is 17.7 Å². The van der Waals surface area contributed by atoms with Crippen LogP contribution in [0.5, 0.6) is 0 Å². The number of nitro benzene ring substituents is 1. The smallest absolute Gasteiger partial charge is 0.272 e. The first-order valence-electron chi connectivity index (χ1n) is 8.60. The molecule has 9 heteroatoms. The number of halogens is 1. The van der Waals surface area contributed by atoms with E-state index in [0.717, 1.165) is 44.5 Å². The molecule has 1 aliphatic rings. The standard InChI is InChI=1S/C18H20FN3O4S/c1-13-11-15(6-8-17(13)22(23)24)27(25,26)20-16-12-14(19)5-7-18(16)21-9-3-2-4-10-21/h5-8,11-12,20H,2-4,9-10H2,1H3. The molecule has 0 radical (unpaired) electrons. The Balaban J connectivity index is 1.95. The maximum absolute atomic E-state index is 13.8. The van der Waals surface area contributed by atoms with Crippen LogP contribution in [0.4, 0.5) is 21.5 Å². The molecule has 2 aromatic rings. The first-order chi connectivity index (χ1) is 12.8. The minimum Gasteiger partial charge on any atom is -0.370 e. The Kier molecular flexibility index (Phi) is 5.31. The third-order valence-electron chi connectivity index (χ3n) is 4.57. The minimum absolute atomic E-state index is 0.112. The molecular formula is C18H20FN3O4S. The van der Waals surface area contributed by atoms with Crippen LogP contribution in [0.25, 0.3) is 0 Å². The molecule has 0 saturated carbocycles. The van der Waals surface area contributed by atoms with Crippen LogP contribution in [0.3, 0.4) is 0 Å². The highest BCUT2D eigenvalue weighted by Gasteiger charge is 2.22. The lowest BCUT2D eigenvalue weighted by molar-refractivity contribution is -0.385. The summed E-state index contributed by atoms with van der Waals surface area (Å²) in [6, 6.07) is 7.59. The highest BCUT2D eigenvalue weighted by Crippen LogP contribution is 2.31. The summed E-state index contributed by atoms with van der Waals surface area (Å²) in [6.07, 6.45) is 3.09. The third kappa shape index (κ3) is 4.19. The number of sulfonamides is 1. The van der Waals surface area contributed by atoms with Gasteiger partial charge in [0.2, 0.25) is 0 Å². The predicted molar refractivity (Wildman–Crippen MR) is 101 cm³/mol. The van der Waals surface area contributed by atoms with E-state index in [1.165, 1.54) is 25.1 Å². The molecule has 2 aromatic carbocycles. The zero-order valence-electron chi connectivity index (χ0n) is 14.8. The summed E-state index contributed by atoms with van der Waals surface area (Å²) in [5.41, 5.74) is 0.860. The fraction of sp³-hybridized carbons (Fsp3) is 0.333. The number of aryl methyl sites for hydroxylation is 1. The Morgan fingerprint density at radius 2 is 1.81 bits per heavy atom. The Bertz CT molecular complexity index is 973. The van der Waals surface area contributed by atoms with Crippen molar-refractivity contribution in [1.82, 2.24) is 0 Å². The van der Waals surface area contributed by atoms with E-state index >= 15 is 0 Å². The molecule has 0 aliphatic carbocycles. The molecule has 1 aliphatic heterocycles. The molecule has 7 nitrogen and oxygen atoms in total. The van der Waals surface area contributed by atoms with E-state index in [0.29, 0.717) is 5.69 Å². The Labute approximate surface area is 157 Å². The Morgan fingerprint density at radius 1 is 1.11 bits per heavy atom. The summed E-state index contributed by atoms with van der Waals surface area (Å²) in [5, 5.41) is 10.9. The highest BCUT2D eigenvalue weighted by atomic mass is 32.2. The second kappa shape index (κ2) is 7.51. The van der Waals surface area contributed by atoms with Crippen molar-refractivity contribution >= 4 is 27.1 Å². The van der Waals surface area contributed by atoms with E-state index in [1.807, 2.05) is 4.90 Å². The number of anilines is 2. The minimum atomic E-state index is -4.02. The molecule has 1 fully saturated rings. The molecule has 1 N–H and O–H groups in total. The SMILES string of the molecule is Cc1cc(S(=O)(=O)Nc2cc(F)ccc2N2CCCCC2)ccc1[N+](=O)[O-]. The van der Waals surface area contributed by atoms with Gasteiger partial charge in [0.25, 0.3) is 15.7 Å². The van der Waals surface area contributed by atoms with Crippen molar-refractivity contribution in [2.75, 3.05) is 22.7 Å². The van der Waals surface area contributed by atoms with Gasteiger partial charge in [-0.15, -0.1) is 0 Å². The molecule has 144 valence electrons. The third-order valence-corrected chi connectivity index (χ3v) is 5.94. The summed E-state index contributed by atoms with van der Waals surface area (Å²) in [6.45, 7) is 3.02. The van der Waals surface area contributed by atoms with Crippen LogP contribution in [0, 0.1) is 22.9 Å². The van der Waals surface area contributed by atoms with E-state index < -0.39 is 20.8 Å². The molecule has 27 heavy (non-hydrogen) atoms. The summed E-state index contributed by atoms with van der Waals surface area (Å²) in [5.74, 6) is -0.548. The van der Waals surface area contributed by atoms with Crippen molar-refractivity contribution in [3.8, 4) is 0 Å². The first-order valence-corrected chi connectivity index (χ1v) is 10.1. The van der Waals surface area contributed by atoms with Gasteiger partial charge in [-0.2, -0.15) is 0 Å². The van der Waals surface area contributed by atoms with Crippen LogP contribution in [0.15, 0.2) is 41.3 Å². The van der Waals surface area contributed by atoms with Crippen LogP contribution in [0.1, 0.15) is 24.8 Å². The van der Waals surface area contributed by atoms with Gasteiger partial charge in [-0.3, -0.25) is 14.8 Å². The molecule has 0 atom stereocenters. The number of nitrogens with zero attached hydrogens (tertiary/aromatic N) is 2. The van der Waals surface area contributed by atoms with Gasteiger partial charge in [0, 0.05) is 30.8 Å². The molecular weight excluding hydrogens is 373 g/mol. The predicted octanol–water partition coefficient (Wildman–Crippen LogP) is 3.83. The van der Waals surface area contributed by atoms with Crippen LogP contribution in [-0.2, 0) is 10.0 Å². The second-order valence-corrected chi connectivity index (χ2v) is 8.20. The van der Waals surface area contributed by atoms with Crippen LogP contribution in [-0.4, -0.2) is 26.4 Å². The fourth-order valence-electron chi connectivity index (χ4n) is 3.20. The van der Waals surface area contributed by atoms with E-state index in [-0.39, 0.29) is 21.8 Å². The van der Waals surface area contributed by atoms with Crippen molar-refractivity contribution in [2.24, 2.45) is 0 Å². The van der Waals surface area contributed by atoms with Crippen LogP contribution < -0.4 is 9.62 Å². The average molecular weight is 393 g/mol. The van der Waals surface area contributed by atoms with Gasteiger partial charge in [0.05, 0.1) is 21.2 Å². The van der Waals surface area contributed by atoms with Gasteiger partial charge >= 0.3 is 0 Å². The quantitative estimate of drug-likeness (QED) is 0.616. The topological polar surface area (TPSA) is 92.6 Å². The number of nitro groups is 1. The van der Waals surface area contributed by atoms with E-state index in [9.17, 15) is 22.9 Å². The van der Waals surface area contributed by atoms with E-state index in [2.05, 4.69) is 4.72 Å². The number of hydrogen-bond donors (Lipinski definition) is 1. The largest absolute Gasteiger partial charge is 0.370 e. The molecule has 1 heterocycles. The lowest BCUT2D eigenvalue weighted by Gasteiger charge is -2.30. The van der Waals surface area contributed by atoms with Crippen molar-refractivity contribution in [3.05, 3.63) is 57.9 Å². The number of hydrogen-bond acceptors (Lipinski definition) is 5. The summed E-state index contributed by atoms with van der Waals surface area (Å²) in [7, 11) is -4.02. The monoisotopic (exact) mass is 393 g/mol. The summed E-state index contributed by atoms with van der Waals surface area (Å²) in [4.78, 5) is 12.3. The molecule has 0 aromatic heterocycles. The second-order valence-electron chi connectivity index (χ2n) is 6.52. The summed E-state index contributed by atoms with van der Waals surface area (Å²) >= 11 is 0. The normalized spacial score (nSPS) is 14.8. The van der Waals surface area contributed by atoms with Crippen LogP contribution in [0.2, 0.25) is 0 Å². The highest BCUT2D eigenvalue weighted by molar-refractivity contribution is 7.92. The summed E-state index contributed by atoms with van der Waals surface area (Å²) < 4.78 is 41.7. The zero-order valence-corrected chi connectivity index (χ0v) is 15.6. The van der Waals surface area contributed by atoms with Crippen LogP contribution >= 0.6 is 0 Å². The van der Waals surface area contributed by atoms with Gasteiger partial charge in [0.1, 0.15) is 5.82 Å². The van der Waals surface area contributed by atoms with Crippen molar-refractivity contribution in [3.63, 3.8) is 0 Å². The Hall–Kier alpha value is -2.68. The van der Waals surface area contributed by atoms with Gasteiger partial charge in [-0.25, -0.2) is 12.8 Å². The molecule has 0 spiro atoms. The van der Waals surface area contributed by atoms with Gasteiger partial charge in [0.15, 0.2) is 0 Å². The lowest BCUT2D eigenvalue weighted by Crippen LogP contribution is -2.30. The number of rotatable bonds is 5. The number of benzene rings is 2. The molecule has 1 saturated heterocycles. The number of piperidine rings is 1. The molecule has 3 rings (SSSR count). The molecule has 0 bridgehead atoms. The first kappa shape index (κ1) is 19.1. The van der Waals surface area contributed by atoms with Gasteiger partial charge in [-0.1, -0.05) is 0 Å². The average Bonchev–Trinajstić information content (AvgIpc) is 2.62. The van der Waals surface area contributed by atoms with Gasteiger partial charge in [-0.05, 0) is 50.5 Å². The van der Waals surface area contributed by atoms with Gasteiger partial charge < -0.3 is 4.90 Å². The zero-order chi connectivity index (χ0) is 19.6. The molecule has 0 unspecified atom stereocenters.